The Balaban J connectivity index is 2.79. The van der Waals surface area contributed by atoms with Crippen LogP contribution in [0.5, 0.6) is 5.75 Å². The summed E-state index contributed by atoms with van der Waals surface area (Å²) in [6.45, 7) is 5.02. The molecule has 0 atom stereocenters. The van der Waals surface area contributed by atoms with Gasteiger partial charge in [-0.1, -0.05) is 13.0 Å². The molecule has 1 aromatic carbocycles. The molecule has 0 aliphatic rings. The summed E-state index contributed by atoms with van der Waals surface area (Å²) >= 11 is 1.74. The molecular formula is C11H16OS. The van der Waals surface area contributed by atoms with Crippen molar-refractivity contribution in [2.45, 2.75) is 25.2 Å². The summed E-state index contributed by atoms with van der Waals surface area (Å²) in [6, 6.07) is 6.30. The average molecular weight is 196 g/mol. The molecule has 1 rings (SSSR count). The topological polar surface area (TPSA) is 9.23 Å². The molecule has 1 nitrogen and oxygen atoms in total. The third kappa shape index (κ3) is 2.96. The van der Waals surface area contributed by atoms with Crippen LogP contribution >= 0.6 is 11.8 Å². The Morgan fingerprint density at radius 1 is 1.38 bits per heavy atom. The van der Waals surface area contributed by atoms with Crippen molar-refractivity contribution < 1.29 is 4.74 Å². The zero-order chi connectivity index (χ0) is 9.68. The standard InChI is InChI=1S/C11H16OS/c1-4-7-12-10-6-5-9(2)8-11(10)13-3/h5-6,8H,4,7H2,1-3H3. The predicted molar refractivity (Wildman–Crippen MR) is 58.7 cm³/mol. The molecule has 0 heterocycles. The van der Waals surface area contributed by atoms with Crippen molar-refractivity contribution in [3.05, 3.63) is 23.8 Å². The van der Waals surface area contributed by atoms with E-state index < -0.39 is 0 Å². The first-order chi connectivity index (χ1) is 6.27. The van der Waals surface area contributed by atoms with E-state index in [4.69, 9.17) is 4.74 Å². The van der Waals surface area contributed by atoms with E-state index in [9.17, 15) is 0 Å². The minimum atomic E-state index is 0.802. The zero-order valence-corrected chi connectivity index (χ0v) is 9.28. The highest BCUT2D eigenvalue weighted by molar-refractivity contribution is 7.98. The SMILES string of the molecule is CCCOc1ccc(C)cc1SC. The van der Waals surface area contributed by atoms with Crippen molar-refractivity contribution in [3.8, 4) is 5.75 Å². The molecule has 0 N–H and O–H groups in total. The van der Waals surface area contributed by atoms with Gasteiger partial charge in [-0.2, -0.15) is 0 Å². The Hall–Kier alpha value is -0.630. The van der Waals surface area contributed by atoms with Crippen molar-refractivity contribution >= 4 is 11.8 Å². The van der Waals surface area contributed by atoms with Gasteiger partial charge in [0.15, 0.2) is 0 Å². The Labute approximate surface area is 84.5 Å². The highest BCUT2D eigenvalue weighted by Gasteiger charge is 2.01. The Kier molecular flexibility index (Phi) is 4.16. The lowest BCUT2D eigenvalue weighted by Gasteiger charge is -2.09. The maximum Gasteiger partial charge on any atom is 0.132 e. The third-order valence-electron chi connectivity index (χ3n) is 1.78. The summed E-state index contributed by atoms with van der Waals surface area (Å²) < 4.78 is 5.61. The molecule has 0 aromatic heterocycles. The van der Waals surface area contributed by atoms with Gasteiger partial charge in [0.05, 0.1) is 6.61 Å². The fourth-order valence-corrected chi connectivity index (χ4v) is 1.74. The molecule has 0 unspecified atom stereocenters. The van der Waals surface area contributed by atoms with Gasteiger partial charge in [0, 0.05) is 4.90 Å². The highest BCUT2D eigenvalue weighted by atomic mass is 32.2. The van der Waals surface area contributed by atoms with E-state index in [2.05, 4.69) is 38.3 Å². The second kappa shape index (κ2) is 5.18. The summed E-state index contributed by atoms with van der Waals surface area (Å²) in [4.78, 5) is 1.23. The first kappa shape index (κ1) is 10.5. The molecule has 72 valence electrons. The van der Waals surface area contributed by atoms with E-state index in [1.54, 1.807) is 11.8 Å². The van der Waals surface area contributed by atoms with Gasteiger partial charge in [-0.25, -0.2) is 0 Å². The van der Waals surface area contributed by atoms with Crippen molar-refractivity contribution in [1.82, 2.24) is 0 Å². The van der Waals surface area contributed by atoms with Gasteiger partial charge in [0.1, 0.15) is 5.75 Å². The van der Waals surface area contributed by atoms with Gasteiger partial charge < -0.3 is 4.74 Å². The lowest BCUT2D eigenvalue weighted by Crippen LogP contribution is -1.96. The van der Waals surface area contributed by atoms with Gasteiger partial charge in [-0.05, 0) is 37.3 Å². The maximum atomic E-state index is 5.61. The molecule has 0 aliphatic heterocycles. The third-order valence-corrected chi connectivity index (χ3v) is 2.54. The summed E-state index contributed by atoms with van der Waals surface area (Å²) in [5.41, 5.74) is 1.29. The minimum Gasteiger partial charge on any atom is -0.492 e. The first-order valence-corrected chi connectivity index (χ1v) is 5.78. The summed E-state index contributed by atoms with van der Waals surface area (Å²) in [5.74, 6) is 1.01. The maximum absolute atomic E-state index is 5.61. The Morgan fingerprint density at radius 3 is 2.77 bits per heavy atom. The summed E-state index contributed by atoms with van der Waals surface area (Å²) in [6.07, 6.45) is 3.13. The lowest BCUT2D eigenvalue weighted by atomic mass is 10.2. The van der Waals surface area contributed by atoms with Crippen molar-refractivity contribution in [2.24, 2.45) is 0 Å². The fraction of sp³-hybridized carbons (Fsp3) is 0.455. The minimum absolute atomic E-state index is 0.802. The number of benzene rings is 1. The van der Waals surface area contributed by atoms with E-state index in [1.807, 2.05) is 0 Å². The fourth-order valence-electron chi connectivity index (χ4n) is 1.11. The molecule has 0 saturated heterocycles. The predicted octanol–water partition coefficient (Wildman–Crippen LogP) is 3.51. The van der Waals surface area contributed by atoms with Gasteiger partial charge in [0.25, 0.3) is 0 Å². The molecule has 0 saturated carbocycles. The molecule has 13 heavy (non-hydrogen) atoms. The number of aryl methyl sites for hydroxylation is 1. The van der Waals surface area contributed by atoms with Crippen LogP contribution in [0.2, 0.25) is 0 Å². The molecule has 0 aliphatic carbocycles. The van der Waals surface area contributed by atoms with E-state index >= 15 is 0 Å². The summed E-state index contributed by atoms with van der Waals surface area (Å²) in [7, 11) is 0. The number of thioether (sulfide) groups is 1. The van der Waals surface area contributed by atoms with Crippen LogP contribution in [-0.4, -0.2) is 12.9 Å². The Bertz CT molecular complexity index is 271. The molecule has 1 aromatic rings. The first-order valence-electron chi connectivity index (χ1n) is 4.55. The van der Waals surface area contributed by atoms with E-state index in [1.165, 1.54) is 10.5 Å². The monoisotopic (exact) mass is 196 g/mol. The van der Waals surface area contributed by atoms with E-state index in [0.717, 1.165) is 18.8 Å². The van der Waals surface area contributed by atoms with Crippen LogP contribution in [0.3, 0.4) is 0 Å². The van der Waals surface area contributed by atoms with Gasteiger partial charge in [-0.15, -0.1) is 11.8 Å². The van der Waals surface area contributed by atoms with E-state index in [0.29, 0.717) is 0 Å². The van der Waals surface area contributed by atoms with Crippen LogP contribution < -0.4 is 4.74 Å². The van der Waals surface area contributed by atoms with Crippen LogP contribution in [0.25, 0.3) is 0 Å². The van der Waals surface area contributed by atoms with Crippen LogP contribution in [0, 0.1) is 6.92 Å². The lowest BCUT2D eigenvalue weighted by molar-refractivity contribution is 0.310. The molecular weight excluding hydrogens is 180 g/mol. The van der Waals surface area contributed by atoms with Gasteiger partial charge in [0.2, 0.25) is 0 Å². The number of hydrogen-bond acceptors (Lipinski definition) is 2. The zero-order valence-electron chi connectivity index (χ0n) is 8.46. The van der Waals surface area contributed by atoms with Crippen LogP contribution in [0.4, 0.5) is 0 Å². The summed E-state index contributed by atoms with van der Waals surface area (Å²) in [5, 5.41) is 0. The highest BCUT2D eigenvalue weighted by Crippen LogP contribution is 2.28. The van der Waals surface area contributed by atoms with Crippen molar-refractivity contribution in [2.75, 3.05) is 12.9 Å². The van der Waals surface area contributed by atoms with Gasteiger partial charge in [-0.3, -0.25) is 0 Å². The Morgan fingerprint density at radius 2 is 2.15 bits per heavy atom. The van der Waals surface area contributed by atoms with Crippen molar-refractivity contribution in [1.29, 1.82) is 0 Å². The number of ether oxygens (including phenoxy) is 1. The number of hydrogen-bond donors (Lipinski definition) is 0. The molecule has 0 fully saturated rings. The number of rotatable bonds is 4. The van der Waals surface area contributed by atoms with Crippen LogP contribution in [0.15, 0.2) is 23.1 Å². The normalized spacial score (nSPS) is 10.1. The molecule has 0 bridgehead atoms. The van der Waals surface area contributed by atoms with E-state index in [-0.39, 0.29) is 0 Å². The average Bonchev–Trinajstić information content (AvgIpc) is 2.16. The quantitative estimate of drug-likeness (QED) is 0.682. The molecule has 0 radical (unpaired) electrons. The molecule has 0 spiro atoms. The van der Waals surface area contributed by atoms with Crippen LogP contribution in [0.1, 0.15) is 18.9 Å². The molecule has 0 amide bonds. The van der Waals surface area contributed by atoms with Crippen molar-refractivity contribution in [3.63, 3.8) is 0 Å². The van der Waals surface area contributed by atoms with Gasteiger partial charge >= 0.3 is 0 Å². The second-order valence-corrected chi connectivity index (χ2v) is 3.85. The molecule has 2 heteroatoms. The smallest absolute Gasteiger partial charge is 0.132 e. The largest absolute Gasteiger partial charge is 0.492 e. The second-order valence-electron chi connectivity index (χ2n) is 3.00. The van der Waals surface area contributed by atoms with Crippen LogP contribution in [-0.2, 0) is 0 Å².